The van der Waals surface area contributed by atoms with E-state index in [1.54, 1.807) is 0 Å². The Morgan fingerprint density at radius 2 is 1.77 bits per heavy atom. The van der Waals surface area contributed by atoms with E-state index in [-0.39, 0.29) is 20.8 Å². The number of carbonyl (C=O) groups excluding carboxylic acids is 1. The van der Waals surface area contributed by atoms with Gasteiger partial charge < -0.3 is 4.74 Å². The van der Waals surface area contributed by atoms with Gasteiger partial charge in [0.1, 0.15) is 5.02 Å². The molecule has 0 aliphatic heterocycles. The van der Waals surface area contributed by atoms with E-state index in [0.29, 0.717) is 0 Å². The summed E-state index contributed by atoms with van der Waals surface area (Å²) in [5.74, 6) is 0.0797. The monoisotopic (exact) mass is 258 g/mol. The van der Waals surface area contributed by atoms with Gasteiger partial charge in [0.05, 0.1) is 10.0 Å². The van der Waals surface area contributed by atoms with Crippen LogP contribution in [0.4, 0.5) is 4.79 Å². The molecule has 13 heavy (non-hydrogen) atoms. The summed E-state index contributed by atoms with van der Waals surface area (Å²) in [6.07, 6.45) is 0. The van der Waals surface area contributed by atoms with Crippen LogP contribution in [0.5, 0.6) is 5.75 Å². The van der Waals surface area contributed by atoms with Crippen molar-refractivity contribution in [2.75, 3.05) is 0 Å². The molecule has 0 bridgehead atoms. The Morgan fingerprint density at radius 1 is 1.15 bits per heavy atom. The largest absolute Gasteiger partial charge is 0.413 e. The highest BCUT2D eigenvalue weighted by Gasteiger charge is 2.11. The first-order chi connectivity index (χ1) is 6.02. The molecular formula is C7H2Cl4O2. The van der Waals surface area contributed by atoms with E-state index in [9.17, 15) is 4.79 Å². The van der Waals surface area contributed by atoms with Gasteiger partial charge in [-0.15, -0.1) is 0 Å². The summed E-state index contributed by atoms with van der Waals surface area (Å²) in [6.45, 7) is 0. The molecule has 0 radical (unpaired) electrons. The fraction of sp³-hybridized carbons (Fsp3) is 0. The minimum Gasteiger partial charge on any atom is -0.413 e. The van der Waals surface area contributed by atoms with Gasteiger partial charge in [-0.2, -0.15) is 0 Å². The highest BCUT2D eigenvalue weighted by Crippen LogP contribution is 2.37. The fourth-order valence-electron chi connectivity index (χ4n) is 0.673. The third kappa shape index (κ3) is 2.64. The lowest BCUT2D eigenvalue weighted by atomic mass is 10.3. The molecule has 1 rings (SSSR count). The molecule has 0 fully saturated rings. The second-order valence-electron chi connectivity index (χ2n) is 2.01. The van der Waals surface area contributed by atoms with Crippen molar-refractivity contribution in [3.8, 4) is 5.75 Å². The molecule has 1 aromatic carbocycles. The first kappa shape index (κ1) is 10.9. The molecule has 2 nitrogen and oxygen atoms in total. The first-order valence-corrected chi connectivity index (χ1v) is 4.54. The number of hydrogen-bond acceptors (Lipinski definition) is 2. The lowest BCUT2D eigenvalue weighted by Gasteiger charge is -2.04. The first-order valence-electron chi connectivity index (χ1n) is 3.03. The Kier molecular flexibility index (Phi) is 3.68. The molecule has 0 N–H and O–H groups in total. The Labute approximate surface area is 94.3 Å². The van der Waals surface area contributed by atoms with Gasteiger partial charge in [0.2, 0.25) is 0 Å². The van der Waals surface area contributed by atoms with Gasteiger partial charge in [-0.3, -0.25) is 0 Å². The molecular weight excluding hydrogens is 258 g/mol. The SMILES string of the molecule is O=C(Cl)Oc1ccc(Cl)c(Cl)c1Cl. The molecule has 0 heterocycles. The Morgan fingerprint density at radius 3 is 2.31 bits per heavy atom. The van der Waals surface area contributed by atoms with Gasteiger partial charge in [0.15, 0.2) is 5.75 Å². The number of ether oxygens (including phenoxy) is 1. The van der Waals surface area contributed by atoms with Crippen molar-refractivity contribution in [2.45, 2.75) is 0 Å². The van der Waals surface area contributed by atoms with E-state index < -0.39 is 5.43 Å². The van der Waals surface area contributed by atoms with Crippen LogP contribution >= 0.6 is 46.4 Å². The maximum atomic E-state index is 10.4. The average Bonchev–Trinajstić information content (AvgIpc) is 2.06. The van der Waals surface area contributed by atoms with Crippen LogP contribution in [0.15, 0.2) is 12.1 Å². The zero-order valence-electron chi connectivity index (χ0n) is 5.98. The predicted octanol–water partition coefficient (Wildman–Crippen LogP) is 4.38. The van der Waals surface area contributed by atoms with Gasteiger partial charge in [-0.25, -0.2) is 4.79 Å². The Bertz CT molecular complexity index is 351. The topological polar surface area (TPSA) is 26.3 Å². The van der Waals surface area contributed by atoms with Gasteiger partial charge in [-0.05, 0) is 12.1 Å². The second-order valence-corrected chi connectivity index (χ2v) is 3.48. The maximum Gasteiger partial charge on any atom is 0.409 e. The molecule has 0 saturated heterocycles. The van der Waals surface area contributed by atoms with Crippen molar-refractivity contribution < 1.29 is 9.53 Å². The van der Waals surface area contributed by atoms with E-state index in [2.05, 4.69) is 4.74 Å². The standard InChI is InChI=1S/C7H2Cl4O2/c8-3-1-2-4(13-7(11)12)6(10)5(3)9/h1-2H. The van der Waals surface area contributed by atoms with Crippen LogP contribution in [-0.4, -0.2) is 5.43 Å². The molecule has 0 aliphatic carbocycles. The third-order valence-corrected chi connectivity index (χ3v) is 2.54. The molecule has 0 saturated carbocycles. The van der Waals surface area contributed by atoms with Crippen LogP contribution in [0.25, 0.3) is 0 Å². The van der Waals surface area contributed by atoms with Crippen molar-refractivity contribution in [3.05, 3.63) is 27.2 Å². The zero-order chi connectivity index (χ0) is 10.0. The fourth-order valence-corrected chi connectivity index (χ4v) is 1.32. The number of hydrogen-bond donors (Lipinski definition) is 0. The molecule has 0 unspecified atom stereocenters. The van der Waals surface area contributed by atoms with Crippen molar-refractivity contribution in [2.24, 2.45) is 0 Å². The number of halogens is 4. The highest BCUT2D eigenvalue weighted by molar-refractivity contribution is 6.61. The quantitative estimate of drug-likeness (QED) is 0.553. The van der Waals surface area contributed by atoms with Crippen LogP contribution in [-0.2, 0) is 0 Å². The van der Waals surface area contributed by atoms with Crippen LogP contribution in [0.3, 0.4) is 0 Å². The minimum absolute atomic E-state index is 0.0585. The molecule has 0 amide bonds. The van der Waals surface area contributed by atoms with Crippen LogP contribution in [0.2, 0.25) is 15.1 Å². The van der Waals surface area contributed by atoms with Gasteiger partial charge in [-0.1, -0.05) is 34.8 Å². The van der Waals surface area contributed by atoms with Crippen LogP contribution in [0.1, 0.15) is 0 Å². The molecule has 70 valence electrons. The Hall–Kier alpha value is -0.150. The Balaban J connectivity index is 3.10. The van der Waals surface area contributed by atoms with Gasteiger partial charge in [0.25, 0.3) is 0 Å². The number of benzene rings is 1. The molecule has 0 spiro atoms. The zero-order valence-corrected chi connectivity index (χ0v) is 9.01. The van der Waals surface area contributed by atoms with Crippen molar-refractivity contribution in [3.63, 3.8) is 0 Å². The summed E-state index contributed by atoms with van der Waals surface area (Å²) >= 11 is 22.0. The van der Waals surface area contributed by atoms with E-state index in [1.807, 2.05) is 0 Å². The number of carbonyl (C=O) groups is 1. The smallest absolute Gasteiger partial charge is 0.409 e. The molecule has 1 aromatic rings. The molecule has 0 aromatic heterocycles. The summed E-state index contributed by atoms with van der Waals surface area (Å²) in [5.41, 5.74) is -0.986. The number of rotatable bonds is 1. The molecule has 0 atom stereocenters. The molecule has 0 aliphatic rings. The van der Waals surface area contributed by atoms with Gasteiger partial charge in [0, 0.05) is 11.6 Å². The van der Waals surface area contributed by atoms with Gasteiger partial charge >= 0.3 is 5.43 Å². The summed E-state index contributed by atoms with van der Waals surface area (Å²) in [7, 11) is 0. The van der Waals surface area contributed by atoms with Crippen molar-refractivity contribution in [1.82, 2.24) is 0 Å². The predicted molar refractivity (Wildman–Crippen MR) is 53.3 cm³/mol. The van der Waals surface area contributed by atoms with Crippen molar-refractivity contribution >= 4 is 51.8 Å². The summed E-state index contributed by atoms with van der Waals surface area (Å²) in [6, 6.07) is 2.85. The normalized spacial score (nSPS) is 9.85. The van der Waals surface area contributed by atoms with E-state index >= 15 is 0 Å². The highest BCUT2D eigenvalue weighted by atomic mass is 35.5. The van der Waals surface area contributed by atoms with E-state index in [1.165, 1.54) is 12.1 Å². The maximum absolute atomic E-state index is 10.4. The lowest BCUT2D eigenvalue weighted by molar-refractivity contribution is 0.225. The minimum atomic E-state index is -0.986. The lowest BCUT2D eigenvalue weighted by Crippen LogP contribution is -1.96. The van der Waals surface area contributed by atoms with Crippen molar-refractivity contribution in [1.29, 1.82) is 0 Å². The van der Waals surface area contributed by atoms with Crippen LogP contribution in [0, 0.1) is 0 Å². The second kappa shape index (κ2) is 4.38. The summed E-state index contributed by atoms with van der Waals surface area (Å²) in [4.78, 5) is 10.4. The van der Waals surface area contributed by atoms with Crippen LogP contribution < -0.4 is 4.74 Å². The third-order valence-electron chi connectivity index (χ3n) is 1.19. The van der Waals surface area contributed by atoms with E-state index in [4.69, 9.17) is 46.4 Å². The molecule has 6 heteroatoms. The summed E-state index contributed by atoms with van der Waals surface area (Å²) < 4.78 is 4.53. The van der Waals surface area contributed by atoms with E-state index in [0.717, 1.165) is 0 Å². The summed E-state index contributed by atoms with van der Waals surface area (Å²) in [5, 5.41) is 0.461. The average molecular weight is 260 g/mol.